The van der Waals surface area contributed by atoms with E-state index in [0.717, 1.165) is 19.3 Å². The first-order valence-corrected chi connectivity index (χ1v) is 10.4. The minimum Gasteiger partial charge on any atom is -0.387 e. The van der Waals surface area contributed by atoms with Crippen LogP contribution in [0.25, 0.3) is 17.0 Å². The van der Waals surface area contributed by atoms with Crippen LogP contribution in [0, 0.1) is 11.3 Å². The van der Waals surface area contributed by atoms with E-state index in [1.807, 2.05) is 6.07 Å². The minimum atomic E-state index is -1.61. The highest BCUT2D eigenvalue weighted by Gasteiger charge is 2.28. The molecule has 0 bridgehead atoms. The molecule has 32 heavy (non-hydrogen) atoms. The number of fused-ring (bicyclic) bond motifs is 1. The van der Waals surface area contributed by atoms with Crippen molar-refractivity contribution in [2.24, 2.45) is 0 Å². The van der Waals surface area contributed by atoms with Gasteiger partial charge >= 0.3 is 0 Å². The maximum atomic E-state index is 14.1. The van der Waals surface area contributed by atoms with Gasteiger partial charge in [0.05, 0.1) is 47.0 Å². The average Bonchev–Trinajstić information content (AvgIpc) is 3.16. The summed E-state index contributed by atoms with van der Waals surface area (Å²) in [6.45, 7) is 2.39. The van der Waals surface area contributed by atoms with Crippen molar-refractivity contribution >= 4 is 17.2 Å². The van der Waals surface area contributed by atoms with E-state index in [-0.39, 0.29) is 18.2 Å². The molecule has 3 aromatic heterocycles. The third-order valence-electron chi connectivity index (χ3n) is 5.57. The van der Waals surface area contributed by atoms with Gasteiger partial charge in [-0.25, -0.2) is 13.9 Å². The Morgan fingerprint density at radius 1 is 1.34 bits per heavy atom. The van der Waals surface area contributed by atoms with Gasteiger partial charge in [-0.15, -0.1) is 0 Å². The number of pyridine rings is 1. The first-order chi connectivity index (χ1) is 15.3. The van der Waals surface area contributed by atoms with Crippen LogP contribution in [0.5, 0.6) is 0 Å². The fourth-order valence-electron chi connectivity index (χ4n) is 3.31. The van der Waals surface area contributed by atoms with Gasteiger partial charge in [0.1, 0.15) is 17.9 Å². The number of aromatic nitrogens is 4. The SMILES string of the molecule is CC(C)(O)C(F)CNC(=O)c1cnc(-c2cnc3cc(C#N)cnn23)cc1NC1CCC1. The van der Waals surface area contributed by atoms with Crippen molar-refractivity contribution < 1.29 is 14.3 Å². The van der Waals surface area contributed by atoms with Crippen LogP contribution in [0.3, 0.4) is 0 Å². The summed E-state index contributed by atoms with van der Waals surface area (Å²) in [6.07, 6.45) is 6.00. The largest absolute Gasteiger partial charge is 0.387 e. The Hall–Kier alpha value is -3.58. The van der Waals surface area contributed by atoms with Gasteiger partial charge in [-0.2, -0.15) is 10.4 Å². The van der Waals surface area contributed by atoms with Gasteiger partial charge in [0.25, 0.3) is 5.91 Å². The Bertz CT molecular complexity index is 1190. The van der Waals surface area contributed by atoms with E-state index in [9.17, 15) is 14.3 Å². The molecular weight excluding hydrogens is 413 g/mol. The van der Waals surface area contributed by atoms with Gasteiger partial charge in [0.2, 0.25) is 0 Å². The molecule has 0 spiro atoms. The molecule has 1 aliphatic rings. The molecule has 1 atom stereocenters. The molecule has 10 heteroatoms. The third-order valence-corrected chi connectivity index (χ3v) is 5.57. The van der Waals surface area contributed by atoms with Crippen LogP contribution in [-0.4, -0.2) is 55.0 Å². The quantitative estimate of drug-likeness (QED) is 0.518. The second kappa shape index (κ2) is 8.51. The van der Waals surface area contributed by atoms with Crippen molar-refractivity contribution in [1.82, 2.24) is 24.9 Å². The number of hydrogen-bond donors (Lipinski definition) is 3. The number of halogens is 1. The number of carbonyl (C=O) groups excluding carboxylic acids is 1. The van der Waals surface area contributed by atoms with E-state index >= 15 is 0 Å². The lowest BCUT2D eigenvalue weighted by Crippen LogP contribution is -2.42. The highest BCUT2D eigenvalue weighted by Crippen LogP contribution is 2.29. The fourth-order valence-corrected chi connectivity index (χ4v) is 3.31. The van der Waals surface area contributed by atoms with Crippen LogP contribution < -0.4 is 10.6 Å². The molecule has 1 aliphatic carbocycles. The lowest BCUT2D eigenvalue weighted by molar-refractivity contribution is -0.00177. The second-order valence-electron chi connectivity index (χ2n) is 8.49. The van der Waals surface area contributed by atoms with Crippen LogP contribution >= 0.6 is 0 Å². The number of anilines is 1. The molecule has 0 saturated heterocycles. The number of nitrogens with zero attached hydrogens (tertiary/aromatic N) is 5. The van der Waals surface area contributed by atoms with Crippen molar-refractivity contribution in [3.05, 3.63) is 41.9 Å². The molecule has 166 valence electrons. The zero-order chi connectivity index (χ0) is 22.9. The van der Waals surface area contributed by atoms with Gasteiger partial charge < -0.3 is 15.7 Å². The summed E-state index contributed by atoms with van der Waals surface area (Å²) < 4.78 is 15.7. The molecule has 3 N–H and O–H groups in total. The van der Waals surface area contributed by atoms with E-state index in [1.165, 1.54) is 26.2 Å². The summed E-state index contributed by atoms with van der Waals surface area (Å²) in [6, 6.07) is 5.66. The second-order valence-corrected chi connectivity index (χ2v) is 8.49. The molecule has 0 aromatic carbocycles. The van der Waals surface area contributed by atoms with Crippen LogP contribution in [0.1, 0.15) is 49.0 Å². The van der Waals surface area contributed by atoms with Crippen LogP contribution in [0.2, 0.25) is 0 Å². The number of nitrogens with one attached hydrogen (secondary N) is 2. The van der Waals surface area contributed by atoms with Crippen molar-refractivity contribution in [3.8, 4) is 17.5 Å². The van der Waals surface area contributed by atoms with E-state index in [4.69, 9.17) is 5.26 Å². The summed E-state index contributed by atoms with van der Waals surface area (Å²) in [5.41, 5.74) is 1.39. The molecule has 4 rings (SSSR count). The smallest absolute Gasteiger partial charge is 0.255 e. The van der Waals surface area contributed by atoms with E-state index in [2.05, 4.69) is 25.7 Å². The summed E-state index contributed by atoms with van der Waals surface area (Å²) in [7, 11) is 0. The molecule has 1 fully saturated rings. The zero-order valence-corrected chi connectivity index (χ0v) is 17.8. The lowest BCUT2D eigenvalue weighted by atomic mass is 9.92. The van der Waals surface area contributed by atoms with Crippen molar-refractivity contribution in [2.75, 3.05) is 11.9 Å². The highest BCUT2D eigenvalue weighted by atomic mass is 19.1. The normalized spacial score (nSPS) is 15.1. The Kier molecular flexibility index (Phi) is 5.76. The topological polar surface area (TPSA) is 128 Å². The standard InChI is InChI=1S/C22H24FN7O2/c1-22(2,32)19(23)12-27-21(31)15-10-25-17(7-16(15)29-14-4-3-5-14)18-11-26-20-6-13(8-24)9-28-30(18)20/h6-7,9-11,14,19,32H,3-5,12H2,1-2H3,(H,25,29)(H,27,31). The van der Waals surface area contributed by atoms with E-state index in [1.54, 1.807) is 22.8 Å². The zero-order valence-electron chi connectivity index (χ0n) is 17.8. The van der Waals surface area contributed by atoms with Gasteiger partial charge in [0, 0.05) is 18.3 Å². The average molecular weight is 437 g/mol. The Labute approximate surface area is 184 Å². The van der Waals surface area contributed by atoms with Crippen LogP contribution in [0.4, 0.5) is 10.1 Å². The maximum absolute atomic E-state index is 14.1. The predicted molar refractivity (Wildman–Crippen MR) is 116 cm³/mol. The number of hydrogen-bond acceptors (Lipinski definition) is 7. The molecule has 3 heterocycles. The molecule has 0 radical (unpaired) electrons. The highest BCUT2D eigenvalue weighted by molar-refractivity contribution is 6.00. The summed E-state index contributed by atoms with van der Waals surface area (Å²) in [5, 5.41) is 29.0. The van der Waals surface area contributed by atoms with E-state index in [0.29, 0.717) is 28.3 Å². The summed E-state index contributed by atoms with van der Waals surface area (Å²) in [5.74, 6) is -0.479. The number of imidazole rings is 1. The van der Waals surface area contributed by atoms with Gasteiger partial charge in [-0.1, -0.05) is 0 Å². The van der Waals surface area contributed by atoms with Crippen LogP contribution in [0.15, 0.2) is 30.7 Å². The minimum absolute atomic E-state index is 0.251. The monoisotopic (exact) mass is 437 g/mol. The van der Waals surface area contributed by atoms with Gasteiger partial charge in [0.15, 0.2) is 5.65 Å². The van der Waals surface area contributed by atoms with Gasteiger partial charge in [-0.3, -0.25) is 9.78 Å². The van der Waals surface area contributed by atoms with Gasteiger partial charge in [-0.05, 0) is 39.2 Å². The predicted octanol–water partition coefficient (Wildman–Crippen LogP) is 2.47. The fraction of sp³-hybridized carbons (Fsp3) is 0.409. The van der Waals surface area contributed by atoms with E-state index < -0.39 is 17.7 Å². The molecule has 9 nitrogen and oxygen atoms in total. The number of aliphatic hydroxyl groups is 1. The van der Waals surface area contributed by atoms with Crippen LogP contribution in [-0.2, 0) is 0 Å². The lowest BCUT2D eigenvalue weighted by Gasteiger charge is -2.28. The van der Waals surface area contributed by atoms with Crippen molar-refractivity contribution in [1.29, 1.82) is 5.26 Å². The summed E-state index contributed by atoms with van der Waals surface area (Å²) >= 11 is 0. The van der Waals surface area contributed by atoms with Crippen molar-refractivity contribution in [3.63, 3.8) is 0 Å². The number of rotatable bonds is 7. The molecule has 0 aliphatic heterocycles. The Morgan fingerprint density at radius 3 is 2.78 bits per heavy atom. The summed E-state index contributed by atoms with van der Waals surface area (Å²) in [4.78, 5) is 21.5. The number of nitriles is 1. The molecular formula is C22H24FN7O2. The Morgan fingerprint density at radius 2 is 2.12 bits per heavy atom. The molecule has 1 unspecified atom stereocenters. The third kappa shape index (κ3) is 4.38. The molecule has 3 aromatic rings. The number of amides is 1. The first-order valence-electron chi connectivity index (χ1n) is 10.4. The first kappa shape index (κ1) is 21.6. The Balaban J connectivity index is 1.64. The molecule has 1 saturated carbocycles. The maximum Gasteiger partial charge on any atom is 0.255 e. The number of alkyl halides is 1. The number of carbonyl (C=O) groups is 1. The molecule has 1 amide bonds. The van der Waals surface area contributed by atoms with Crippen molar-refractivity contribution in [2.45, 2.75) is 50.9 Å².